The third kappa shape index (κ3) is 4.22. The largest absolute Gasteiger partial charge is 0.381 e. The lowest BCUT2D eigenvalue weighted by Gasteiger charge is -2.17. The van der Waals surface area contributed by atoms with Gasteiger partial charge in [0.05, 0.1) is 5.69 Å². The Hall–Kier alpha value is -1.06. The second kappa shape index (κ2) is 6.40. The first kappa shape index (κ1) is 14.4. The van der Waals surface area contributed by atoms with Crippen molar-refractivity contribution in [3.05, 3.63) is 63.3 Å². The van der Waals surface area contributed by atoms with E-state index in [4.69, 9.17) is 11.6 Å². The molecule has 0 aliphatic rings. The number of halogens is 3. The van der Waals surface area contributed by atoms with Crippen molar-refractivity contribution in [2.45, 2.75) is 19.4 Å². The molecular formula is C15H14BrClFN. The van der Waals surface area contributed by atoms with E-state index in [2.05, 4.69) is 28.2 Å². The van der Waals surface area contributed by atoms with Crippen molar-refractivity contribution in [1.29, 1.82) is 0 Å². The second-order valence-corrected chi connectivity index (χ2v) is 5.79. The summed E-state index contributed by atoms with van der Waals surface area (Å²) in [7, 11) is 0. The molecule has 0 saturated carbocycles. The van der Waals surface area contributed by atoms with Crippen LogP contribution in [0, 0.1) is 5.82 Å². The Labute approximate surface area is 125 Å². The molecule has 2 aromatic rings. The normalized spacial score (nSPS) is 12.2. The number of nitrogens with one attached hydrogen (secondary N) is 1. The maximum atomic E-state index is 13.1. The van der Waals surface area contributed by atoms with Gasteiger partial charge in [-0.3, -0.25) is 0 Å². The zero-order valence-electron chi connectivity index (χ0n) is 10.5. The third-order valence-corrected chi connectivity index (χ3v) is 3.69. The zero-order chi connectivity index (χ0) is 13.8. The Balaban J connectivity index is 2.05. The second-order valence-electron chi connectivity index (χ2n) is 4.50. The topological polar surface area (TPSA) is 12.0 Å². The molecule has 2 rings (SSSR count). The van der Waals surface area contributed by atoms with Gasteiger partial charge in [0, 0.05) is 15.5 Å². The molecule has 0 spiro atoms. The average Bonchev–Trinajstić information content (AvgIpc) is 2.34. The lowest BCUT2D eigenvalue weighted by Crippen LogP contribution is -2.18. The monoisotopic (exact) mass is 341 g/mol. The third-order valence-electron chi connectivity index (χ3n) is 2.76. The van der Waals surface area contributed by atoms with Crippen molar-refractivity contribution in [3.8, 4) is 0 Å². The van der Waals surface area contributed by atoms with Crippen LogP contribution in [-0.2, 0) is 6.42 Å². The fraction of sp³-hybridized carbons (Fsp3) is 0.200. The molecule has 19 heavy (non-hydrogen) atoms. The molecule has 0 saturated heterocycles. The Bertz CT molecular complexity index is 574. The SMILES string of the molecule is CC(Cc1cccc(F)c1)Nc1cc(Cl)ccc1Br. The van der Waals surface area contributed by atoms with Crippen LogP contribution in [-0.4, -0.2) is 6.04 Å². The Morgan fingerprint density at radius 3 is 2.79 bits per heavy atom. The van der Waals surface area contributed by atoms with E-state index in [9.17, 15) is 4.39 Å². The highest BCUT2D eigenvalue weighted by molar-refractivity contribution is 9.10. The highest BCUT2D eigenvalue weighted by Gasteiger charge is 2.07. The zero-order valence-corrected chi connectivity index (χ0v) is 12.8. The molecule has 0 aliphatic heterocycles. The van der Waals surface area contributed by atoms with Crippen LogP contribution < -0.4 is 5.32 Å². The van der Waals surface area contributed by atoms with Gasteiger partial charge in [-0.1, -0.05) is 23.7 Å². The fourth-order valence-corrected chi connectivity index (χ4v) is 2.48. The summed E-state index contributed by atoms with van der Waals surface area (Å²) in [4.78, 5) is 0. The number of anilines is 1. The van der Waals surface area contributed by atoms with Gasteiger partial charge in [0.2, 0.25) is 0 Å². The Morgan fingerprint density at radius 2 is 2.05 bits per heavy atom. The first-order chi connectivity index (χ1) is 9.04. The summed E-state index contributed by atoms with van der Waals surface area (Å²) >= 11 is 9.45. The van der Waals surface area contributed by atoms with Gasteiger partial charge in [0.1, 0.15) is 5.82 Å². The van der Waals surface area contributed by atoms with Gasteiger partial charge < -0.3 is 5.32 Å². The van der Waals surface area contributed by atoms with E-state index in [1.807, 2.05) is 24.3 Å². The van der Waals surface area contributed by atoms with Crippen molar-refractivity contribution in [2.24, 2.45) is 0 Å². The first-order valence-corrected chi connectivity index (χ1v) is 7.18. The number of hydrogen-bond donors (Lipinski definition) is 1. The van der Waals surface area contributed by atoms with E-state index in [1.54, 1.807) is 12.1 Å². The number of hydrogen-bond acceptors (Lipinski definition) is 1. The van der Waals surface area contributed by atoms with Crippen LogP contribution in [0.15, 0.2) is 46.9 Å². The molecule has 0 amide bonds. The van der Waals surface area contributed by atoms with Gasteiger partial charge in [0.25, 0.3) is 0 Å². The summed E-state index contributed by atoms with van der Waals surface area (Å²) in [6.45, 7) is 2.05. The molecule has 0 aromatic heterocycles. The van der Waals surface area contributed by atoms with Crippen LogP contribution in [0.25, 0.3) is 0 Å². The Morgan fingerprint density at radius 1 is 1.26 bits per heavy atom. The lowest BCUT2D eigenvalue weighted by molar-refractivity contribution is 0.624. The average molecular weight is 343 g/mol. The minimum Gasteiger partial charge on any atom is -0.381 e. The molecule has 100 valence electrons. The first-order valence-electron chi connectivity index (χ1n) is 6.00. The highest BCUT2D eigenvalue weighted by Crippen LogP contribution is 2.26. The summed E-state index contributed by atoms with van der Waals surface area (Å²) < 4.78 is 14.1. The van der Waals surface area contributed by atoms with E-state index in [0.29, 0.717) is 5.02 Å². The molecule has 0 fully saturated rings. The highest BCUT2D eigenvalue weighted by atomic mass is 79.9. The van der Waals surface area contributed by atoms with Crippen molar-refractivity contribution in [1.82, 2.24) is 0 Å². The summed E-state index contributed by atoms with van der Waals surface area (Å²) in [6, 6.07) is 12.4. The van der Waals surface area contributed by atoms with Gasteiger partial charge in [-0.15, -0.1) is 0 Å². The van der Waals surface area contributed by atoms with Crippen LogP contribution in [0.5, 0.6) is 0 Å². The van der Waals surface area contributed by atoms with E-state index in [0.717, 1.165) is 22.1 Å². The smallest absolute Gasteiger partial charge is 0.123 e. The minimum atomic E-state index is -0.200. The van der Waals surface area contributed by atoms with Gasteiger partial charge in [-0.25, -0.2) is 4.39 Å². The molecule has 0 bridgehead atoms. The standard InChI is InChI=1S/C15H14BrClFN/c1-10(7-11-3-2-4-13(18)8-11)19-15-9-12(17)5-6-14(15)16/h2-6,8-10,19H,7H2,1H3. The summed E-state index contributed by atoms with van der Waals surface area (Å²) in [6.07, 6.45) is 0.747. The lowest BCUT2D eigenvalue weighted by atomic mass is 10.1. The van der Waals surface area contributed by atoms with Gasteiger partial charge >= 0.3 is 0 Å². The van der Waals surface area contributed by atoms with Crippen molar-refractivity contribution >= 4 is 33.2 Å². The molecule has 4 heteroatoms. The minimum absolute atomic E-state index is 0.177. The summed E-state index contributed by atoms with van der Waals surface area (Å²) in [5.74, 6) is -0.200. The predicted molar refractivity (Wildman–Crippen MR) is 82.3 cm³/mol. The molecule has 1 nitrogen and oxygen atoms in total. The van der Waals surface area contributed by atoms with Crippen LogP contribution in [0.3, 0.4) is 0 Å². The molecule has 0 radical (unpaired) electrons. The van der Waals surface area contributed by atoms with Crippen LogP contribution in [0.4, 0.5) is 10.1 Å². The molecular weight excluding hydrogens is 329 g/mol. The van der Waals surface area contributed by atoms with Crippen LogP contribution in [0.2, 0.25) is 5.02 Å². The van der Waals surface area contributed by atoms with E-state index < -0.39 is 0 Å². The maximum absolute atomic E-state index is 13.1. The van der Waals surface area contributed by atoms with E-state index in [-0.39, 0.29) is 11.9 Å². The maximum Gasteiger partial charge on any atom is 0.123 e. The summed E-state index contributed by atoms with van der Waals surface area (Å²) in [5.41, 5.74) is 1.91. The van der Waals surface area contributed by atoms with E-state index >= 15 is 0 Å². The molecule has 1 N–H and O–H groups in total. The molecule has 0 aliphatic carbocycles. The quantitative estimate of drug-likeness (QED) is 0.796. The van der Waals surface area contributed by atoms with Crippen molar-refractivity contribution in [2.75, 3.05) is 5.32 Å². The van der Waals surface area contributed by atoms with E-state index in [1.165, 1.54) is 6.07 Å². The predicted octanol–water partition coefficient (Wildman–Crippen LogP) is 5.28. The number of benzene rings is 2. The fourth-order valence-electron chi connectivity index (χ4n) is 1.94. The molecule has 2 aromatic carbocycles. The van der Waals surface area contributed by atoms with Crippen LogP contribution >= 0.6 is 27.5 Å². The van der Waals surface area contributed by atoms with Crippen LogP contribution in [0.1, 0.15) is 12.5 Å². The van der Waals surface area contributed by atoms with Crippen molar-refractivity contribution in [3.63, 3.8) is 0 Å². The van der Waals surface area contributed by atoms with Gasteiger partial charge in [0.15, 0.2) is 0 Å². The molecule has 1 atom stereocenters. The van der Waals surface area contributed by atoms with Crippen molar-refractivity contribution < 1.29 is 4.39 Å². The Kier molecular flexibility index (Phi) is 4.83. The summed E-state index contributed by atoms with van der Waals surface area (Å²) in [5, 5.41) is 4.05. The molecule has 1 unspecified atom stereocenters. The van der Waals surface area contributed by atoms with Gasteiger partial charge in [-0.05, 0) is 65.2 Å². The van der Waals surface area contributed by atoms with Gasteiger partial charge in [-0.2, -0.15) is 0 Å². The number of rotatable bonds is 4. The molecule has 0 heterocycles.